The van der Waals surface area contributed by atoms with Gasteiger partial charge in [0.1, 0.15) is 0 Å². The molecule has 0 saturated carbocycles. The standard InChI is InChI=1S/C22H24ClN3O3S/c1-2-29-13-5-12-26-21(28)18-6-3-4-7-19(18)25-22(26)30-15-20(27)24-14-16-8-10-17(23)11-9-16/h3-4,6-11H,2,5,12-15H2,1H3,(H,24,27). The molecule has 0 spiro atoms. The fourth-order valence-corrected chi connectivity index (χ4v) is 3.89. The molecule has 0 bridgehead atoms. The van der Waals surface area contributed by atoms with Gasteiger partial charge in [-0.3, -0.25) is 14.2 Å². The highest BCUT2D eigenvalue weighted by Crippen LogP contribution is 2.18. The Labute approximate surface area is 184 Å². The highest BCUT2D eigenvalue weighted by atomic mass is 35.5. The zero-order valence-corrected chi connectivity index (χ0v) is 18.3. The number of benzene rings is 2. The molecule has 1 aromatic heterocycles. The number of para-hydroxylation sites is 1. The van der Waals surface area contributed by atoms with E-state index in [2.05, 4.69) is 10.3 Å². The number of rotatable bonds is 10. The zero-order chi connectivity index (χ0) is 21.3. The van der Waals surface area contributed by atoms with Crippen molar-refractivity contribution in [2.45, 2.75) is 31.6 Å². The van der Waals surface area contributed by atoms with E-state index < -0.39 is 0 Å². The molecule has 2 aromatic carbocycles. The summed E-state index contributed by atoms with van der Waals surface area (Å²) in [5.74, 6) is 0.0438. The van der Waals surface area contributed by atoms with Gasteiger partial charge in [-0.05, 0) is 43.2 Å². The molecule has 0 aliphatic heterocycles. The third-order valence-electron chi connectivity index (χ3n) is 4.44. The molecule has 0 radical (unpaired) electrons. The molecule has 1 N–H and O–H groups in total. The van der Waals surface area contributed by atoms with Crippen molar-refractivity contribution in [3.8, 4) is 0 Å². The van der Waals surface area contributed by atoms with Crippen molar-refractivity contribution in [3.05, 3.63) is 69.5 Å². The van der Waals surface area contributed by atoms with Crippen molar-refractivity contribution in [3.63, 3.8) is 0 Å². The maximum atomic E-state index is 13.0. The normalized spacial score (nSPS) is 11.0. The summed E-state index contributed by atoms with van der Waals surface area (Å²) in [5, 5.41) is 4.65. The monoisotopic (exact) mass is 445 g/mol. The van der Waals surface area contributed by atoms with Gasteiger partial charge in [0.25, 0.3) is 5.56 Å². The Balaban J connectivity index is 1.69. The van der Waals surface area contributed by atoms with E-state index in [0.717, 1.165) is 5.56 Å². The summed E-state index contributed by atoms with van der Waals surface area (Å²) in [5.41, 5.74) is 1.50. The summed E-state index contributed by atoms with van der Waals surface area (Å²) >= 11 is 7.14. The molecule has 30 heavy (non-hydrogen) atoms. The molecule has 1 amide bonds. The Hall–Kier alpha value is -2.35. The lowest BCUT2D eigenvalue weighted by Crippen LogP contribution is -2.27. The van der Waals surface area contributed by atoms with Crippen molar-refractivity contribution < 1.29 is 9.53 Å². The van der Waals surface area contributed by atoms with Crippen LogP contribution in [0, 0.1) is 0 Å². The Morgan fingerprint density at radius 2 is 1.97 bits per heavy atom. The van der Waals surface area contributed by atoms with Crippen LogP contribution in [0.25, 0.3) is 10.9 Å². The van der Waals surface area contributed by atoms with Crippen molar-refractivity contribution >= 4 is 40.2 Å². The second-order valence-electron chi connectivity index (χ2n) is 6.61. The quantitative estimate of drug-likeness (QED) is 0.291. The molecule has 8 heteroatoms. The number of halogens is 1. The highest BCUT2D eigenvalue weighted by molar-refractivity contribution is 7.99. The van der Waals surface area contributed by atoms with Crippen LogP contribution in [0.3, 0.4) is 0 Å². The number of hydrogen-bond donors (Lipinski definition) is 1. The maximum absolute atomic E-state index is 13.0. The van der Waals surface area contributed by atoms with Crippen LogP contribution in [0.2, 0.25) is 5.02 Å². The van der Waals surface area contributed by atoms with Crippen molar-refractivity contribution in [1.82, 2.24) is 14.9 Å². The van der Waals surface area contributed by atoms with Gasteiger partial charge in [-0.1, -0.05) is 47.6 Å². The summed E-state index contributed by atoms with van der Waals surface area (Å²) in [6.45, 7) is 4.06. The lowest BCUT2D eigenvalue weighted by molar-refractivity contribution is -0.118. The van der Waals surface area contributed by atoms with Crippen LogP contribution in [0.15, 0.2) is 58.5 Å². The predicted octanol–water partition coefficient (Wildman–Crippen LogP) is 3.89. The van der Waals surface area contributed by atoms with E-state index in [4.69, 9.17) is 16.3 Å². The van der Waals surface area contributed by atoms with Gasteiger partial charge >= 0.3 is 0 Å². The minimum absolute atomic E-state index is 0.0961. The van der Waals surface area contributed by atoms with Gasteiger partial charge in [-0.2, -0.15) is 0 Å². The number of ether oxygens (including phenoxy) is 1. The third-order valence-corrected chi connectivity index (χ3v) is 5.66. The predicted molar refractivity (Wildman–Crippen MR) is 121 cm³/mol. The summed E-state index contributed by atoms with van der Waals surface area (Å²) in [4.78, 5) is 29.9. The Morgan fingerprint density at radius 1 is 1.20 bits per heavy atom. The summed E-state index contributed by atoms with van der Waals surface area (Å²) in [7, 11) is 0. The Morgan fingerprint density at radius 3 is 2.73 bits per heavy atom. The van der Waals surface area contributed by atoms with Crippen LogP contribution in [0.1, 0.15) is 18.9 Å². The number of amides is 1. The van der Waals surface area contributed by atoms with Crippen LogP contribution in [-0.2, 0) is 22.6 Å². The fraction of sp³-hybridized carbons (Fsp3) is 0.318. The third kappa shape index (κ3) is 6.08. The minimum Gasteiger partial charge on any atom is -0.382 e. The molecule has 3 rings (SSSR count). The lowest BCUT2D eigenvalue weighted by Gasteiger charge is -2.13. The van der Waals surface area contributed by atoms with Crippen LogP contribution >= 0.6 is 23.4 Å². The van der Waals surface area contributed by atoms with Gasteiger partial charge in [0, 0.05) is 31.3 Å². The minimum atomic E-state index is -0.127. The zero-order valence-electron chi connectivity index (χ0n) is 16.8. The average molecular weight is 446 g/mol. The number of thioether (sulfide) groups is 1. The van der Waals surface area contributed by atoms with Crippen molar-refractivity contribution in [1.29, 1.82) is 0 Å². The van der Waals surface area contributed by atoms with Crippen molar-refractivity contribution in [2.24, 2.45) is 0 Å². The van der Waals surface area contributed by atoms with Crippen LogP contribution < -0.4 is 10.9 Å². The van der Waals surface area contributed by atoms with E-state index in [9.17, 15) is 9.59 Å². The van der Waals surface area contributed by atoms with E-state index in [-0.39, 0.29) is 17.2 Å². The largest absolute Gasteiger partial charge is 0.382 e. The number of aromatic nitrogens is 2. The van der Waals surface area contributed by atoms with E-state index in [1.807, 2.05) is 37.3 Å². The maximum Gasteiger partial charge on any atom is 0.262 e. The molecule has 6 nitrogen and oxygen atoms in total. The first-order chi connectivity index (χ1) is 14.6. The van der Waals surface area contributed by atoms with E-state index in [0.29, 0.717) is 53.8 Å². The van der Waals surface area contributed by atoms with Crippen LogP contribution in [0.4, 0.5) is 0 Å². The topological polar surface area (TPSA) is 73.2 Å². The molecule has 0 aliphatic rings. The number of fused-ring (bicyclic) bond motifs is 1. The Bertz CT molecular complexity index is 1050. The van der Waals surface area contributed by atoms with Gasteiger partial charge in [0.15, 0.2) is 5.16 Å². The summed E-state index contributed by atoms with van der Waals surface area (Å²) in [6, 6.07) is 14.6. The first-order valence-electron chi connectivity index (χ1n) is 9.79. The number of nitrogens with zero attached hydrogens (tertiary/aromatic N) is 2. The first kappa shape index (κ1) is 22.3. The highest BCUT2D eigenvalue weighted by Gasteiger charge is 2.13. The molecule has 1 heterocycles. The average Bonchev–Trinajstić information content (AvgIpc) is 2.76. The molecule has 3 aromatic rings. The number of nitrogens with one attached hydrogen (secondary N) is 1. The van der Waals surface area contributed by atoms with Gasteiger partial charge < -0.3 is 10.1 Å². The fourth-order valence-electron chi connectivity index (χ4n) is 2.91. The number of carbonyl (C=O) groups is 1. The number of hydrogen-bond acceptors (Lipinski definition) is 5. The molecule has 0 saturated heterocycles. The molecule has 0 unspecified atom stereocenters. The second-order valence-corrected chi connectivity index (χ2v) is 7.99. The van der Waals surface area contributed by atoms with E-state index in [1.54, 1.807) is 22.8 Å². The molecule has 0 atom stereocenters. The molecule has 0 aliphatic carbocycles. The first-order valence-corrected chi connectivity index (χ1v) is 11.2. The van der Waals surface area contributed by atoms with Gasteiger partial charge in [0.2, 0.25) is 5.91 Å². The second kappa shape index (κ2) is 11.2. The molecule has 0 fully saturated rings. The van der Waals surface area contributed by atoms with Gasteiger partial charge in [-0.15, -0.1) is 0 Å². The Kier molecular flexibility index (Phi) is 8.30. The van der Waals surface area contributed by atoms with Crippen molar-refractivity contribution in [2.75, 3.05) is 19.0 Å². The molecular formula is C22H24ClN3O3S. The molecule has 158 valence electrons. The smallest absolute Gasteiger partial charge is 0.262 e. The van der Waals surface area contributed by atoms with Crippen LogP contribution in [0.5, 0.6) is 0 Å². The van der Waals surface area contributed by atoms with Crippen LogP contribution in [-0.4, -0.2) is 34.4 Å². The van der Waals surface area contributed by atoms with Gasteiger partial charge in [-0.25, -0.2) is 4.98 Å². The van der Waals surface area contributed by atoms with Gasteiger partial charge in [0.05, 0.1) is 16.7 Å². The lowest BCUT2D eigenvalue weighted by atomic mass is 10.2. The van der Waals surface area contributed by atoms with E-state index >= 15 is 0 Å². The van der Waals surface area contributed by atoms with E-state index in [1.165, 1.54) is 11.8 Å². The summed E-state index contributed by atoms with van der Waals surface area (Å²) in [6.07, 6.45) is 0.699. The molecular weight excluding hydrogens is 422 g/mol. The summed E-state index contributed by atoms with van der Waals surface area (Å²) < 4.78 is 7.02. The number of carbonyl (C=O) groups excluding carboxylic acids is 1. The SMILES string of the molecule is CCOCCCn1c(SCC(=O)NCc2ccc(Cl)cc2)nc2ccccc2c1=O.